The summed E-state index contributed by atoms with van der Waals surface area (Å²) in [4.78, 5) is 20.0. The maximum Gasteiger partial charge on any atom is 0.261 e. The van der Waals surface area contributed by atoms with Crippen molar-refractivity contribution in [3.63, 3.8) is 0 Å². The summed E-state index contributed by atoms with van der Waals surface area (Å²) < 4.78 is 19.2. The van der Waals surface area contributed by atoms with Gasteiger partial charge in [-0.15, -0.1) is 0 Å². The molecule has 0 saturated carbocycles. The number of ether oxygens (including phenoxy) is 1. The molecule has 1 N–H and O–H groups in total. The second kappa shape index (κ2) is 5.96. The van der Waals surface area contributed by atoms with Gasteiger partial charge in [-0.3, -0.25) is 10.1 Å². The molecular formula is C13H11BrFN3O2. The van der Waals surface area contributed by atoms with Crippen LogP contribution in [0, 0.1) is 12.7 Å². The fraction of sp³-hybridized carbons (Fsp3) is 0.154. The van der Waals surface area contributed by atoms with Gasteiger partial charge in [-0.25, -0.2) is 9.37 Å². The zero-order valence-corrected chi connectivity index (χ0v) is 12.4. The fourth-order valence-corrected chi connectivity index (χ4v) is 1.90. The molecule has 7 heteroatoms. The van der Waals surface area contributed by atoms with Crippen LogP contribution in [0.4, 0.5) is 10.3 Å². The van der Waals surface area contributed by atoms with Crippen molar-refractivity contribution in [1.82, 2.24) is 9.97 Å². The van der Waals surface area contributed by atoms with E-state index in [2.05, 4.69) is 31.2 Å². The number of carbonyl (C=O) groups is 1. The first kappa shape index (κ1) is 14.4. The van der Waals surface area contributed by atoms with Gasteiger partial charge in [-0.1, -0.05) is 15.9 Å². The molecule has 0 bridgehead atoms. The molecule has 0 unspecified atom stereocenters. The number of hydrogen-bond donors (Lipinski definition) is 1. The van der Waals surface area contributed by atoms with Crippen molar-refractivity contribution in [2.75, 3.05) is 12.4 Å². The number of aryl methyl sites for hydroxylation is 1. The molecule has 0 radical (unpaired) electrons. The summed E-state index contributed by atoms with van der Waals surface area (Å²) >= 11 is 3.19. The minimum absolute atomic E-state index is 0.0613. The number of carbonyl (C=O) groups excluding carboxylic acids is 1. The number of aromatic nitrogens is 2. The first-order valence-corrected chi connectivity index (χ1v) is 6.45. The molecule has 1 aromatic carbocycles. The number of benzene rings is 1. The van der Waals surface area contributed by atoms with E-state index in [-0.39, 0.29) is 11.5 Å². The Balaban J connectivity index is 2.27. The van der Waals surface area contributed by atoms with Gasteiger partial charge in [0.15, 0.2) is 0 Å². The molecule has 0 saturated heterocycles. The number of methoxy groups -OCH3 is 1. The summed E-state index contributed by atoms with van der Waals surface area (Å²) in [6.45, 7) is 1.74. The summed E-state index contributed by atoms with van der Waals surface area (Å²) in [5.74, 6) is -0.865. The number of anilines is 1. The van der Waals surface area contributed by atoms with Crippen molar-refractivity contribution in [3.05, 3.63) is 45.8 Å². The maximum atomic E-state index is 13.6. The average molecular weight is 340 g/mol. The van der Waals surface area contributed by atoms with Crippen LogP contribution in [-0.2, 0) is 0 Å². The predicted octanol–water partition coefficient (Wildman–Crippen LogP) is 2.95. The number of hydrogen-bond acceptors (Lipinski definition) is 4. The van der Waals surface area contributed by atoms with Crippen LogP contribution in [0.5, 0.6) is 5.88 Å². The number of amides is 1. The van der Waals surface area contributed by atoms with Crippen molar-refractivity contribution in [2.24, 2.45) is 0 Å². The average Bonchev–Trinajstić information content (AvgIpc) is 2.40. The molecule has 0 atom stereocenters. The molecule has 0 aliphatic carbocycles. The summed E-state index contributed by atoms with van der Waals surface area (Å²) in [7, 11) is 1.46. The van der Waals surface area contributed by atoms with Crippen LogP contribution >= 0.6 is 15.9 Å². The van der Waals surface area contributed by atoms with Gasteiger partial charge in [0, 0.05) is 16.2 Å². The Labute approximate surface area is 123 Å². The lowest BCUT2D eigenvalue weighted by Gasteiger charge is -2.07. The van der Waals surface area contributed by atoms with E-state index in [4.69, 9.17) is 4.74 Å². The number of nitrogens with one attached hydrogen (secondary N) is 1. The summed E-state index contributed by atoms with van der Waals surface area (Å²) in [5, 5.41) is 2.44. The fourth-order valence-electron chi connectivity index (χ4n) is 1.54. The van der Waals surface area contributed by atoms with Crippen LogP contribution < -0.4 is 10.1 Å². The molecule has 0 aliphatic rings. The van der Waals surface area contributed by atoms with Crippen molar-refractivity contribution in [3.8, 4) is 5.88 Å². The van der Waals surface area contributed by atoms with Gasteiger partial charge in [-0.05, 0) is 25.1 Å². The largest absolute Gasteiger partial charge is 0.481 e. The van der Waals surface area contributed by atoms with Crippen LogP contribution in [0.15, 0.2) is 28.7 Å². The third kappa shape index (κ3) is 3.30. The van der Waals surface area contributed by atoms with Crippen LogP contribution in [0.1, 0.15) is 16.1 Å². The second-order valence-electron chi connectivity index (χ2n) is 3.95. The van der Waals surface area contributed by atoms with Gasteiger partial charge in [-0.2, -0.15) is 4.98 Å². The normalized spacial score (nSPS) is 10.2. The van der Waals surface area contributed by atoms with Crippen molar-refractivity contribution in [1.29, 1.82) is 0 Å². The van der Waals surface area contributed by atoms with E-state index in [9.17, 15) is 9.18 Å². The van der Waals surface area contributed by atoms with Crippen molar-refractivity contribution < 1.29 is 13.9 Å². The van der Waals surface area contributed by atoms with Gasteiger partial charge in [0.25, 0.3) is 5.91 Å². The molecule has 1 heterocycles. The first-order chi connectivity index (χ1) is 9.49. The van der Waals surface area contributed by atoms with E-state index in [0.29, 0.717) is 16.0 Å². The minimum Gasteiger partial charge on any atom is -0.481 e. The SMILES string of the molecule is COc1cc(C)nc(NC(=O)c2cc(Br)ccc2F)n1. The zero-order chi connectivity index (χ0) is 14.7. The highest BCUT2D eigenvalue weighted by molar-refractivity contribution is 9.10. The quantitative estimate of drug-likeness (QED) is 0.933. The molecule has 104 valence electrons. The number of halogens is 2. The van der Waals surface area contributed by atoms with Gasteiger partial charge in [0.05, 0.1) is 12.7 Å². The van der Waals surface area contributed by atoms with Gasteiger partial charge >= 0.3 is 0 Å². The Morgan fingerprint density at radius 3 is 2.80 bits per heavy atom. The smallest absolute Gasteiger partial charge is 0.261 e. The summed E-state index contributed by atoms with van der Waals surface area (Å²) in [6.07, 6.45) is 0. The zero-order valence-electron chi connectivity index (χ0n) is 10.8. The Kier molecular flexibility index (Phi) is 4.29. The lowest BCUT2D eigenvalue weighted by molar-refractivity contribution is 0.102. The molecule has 0 aliphatic heterocycles. The lowest BCUT2D eigenvalue weighted by atomic mass is 10.2. The first-order valence-electron chi connectivity index (χ1n) is 5.65. The highest BCUT2D eigenvalue weighted by Gasteiger charge is 2.14. The third-order valence-corrected chi connectivity index (χ3v) is 2.93. The maximum absolute atomic E-state index is 13.6. The molecule has 0 spiro atoms. The number of nitrogens with zero attached hydrogens (tertiary/aromatic N) is 2. The molecule has 2 rings (SSSR count). The molecule has 1 aromatic heterocycles. The number of rotatable bonds is 3. The third-order valence-electron chi connectivity index (χ3n) is 2.44. The van der Waals surface area contributed by atoms with E-state index < -0.39 is 11.7 Å². The van der Waals surface area contributed by atoms with Crippen LogP contribution in [0.3, 0.4) is 0 Å². The molecule has 5 nitrogen and oxygen atoms in total. The summed E-state index contributed by atoms with van der Waals surface area (Å²) in [6, 6.07) is 5.72. The van der Waals surface area contributed by atoms with E-state index >= 15 is 0 Å². The Hall–Kier alpha value is -2.02. The molecule has 2 aromatic rings. The van der Waals surface area contributed by atoms with E-state index in [1.807, 2.05) is 0 Å². The molecule has 0 fully saturated rings. The standard InChI is InChI=1S/C13H11BrFN3O2/c1-7-5-11(20-2)17-13(16-7)18-12(19)9-6-8(14)3-4-10(9)15/h3-6H,1-2H3,(H,16,17,18,19). The predicted molar refractivity (Wildman–Crippen MR) is 75.4 cm³/mol. The van der Waals surface area contributed by atoms with Crippen LogP contribution in [0.25, 0.3) is 0 Å². The Bertz CT molecular complexity index is 664. The molecular weight excluding hydrogens is 329 g/mol. The van der Waals surface area contributed by atoms with E-state index in [1.54, 1.807) is 13.0 Å². The van der Waals surface area contributed by atoms with Crippen LogP contribution in [0.2, 0.25) is 0 Å². The second-order valence-corrected chi connectivity index (χ2v) is 4.87. The van der Waals surface area contributed by atoms with Crippen molar-refractivity contribution in [2.45, 2.75) is 6.92 Å². The van der Waals surface area contributed by atoms with E-state index in [0.717, 1.165) is 0 Å². The van der Waals surface area contributed by atoms with Gasteiger partial charge in [0.2, 0.25) is 11.8 Å². The Morgan fingerprint density at radius 2 is 2.10 bits per heavy atom. The Morgan fingerprint density at radius 1 is 1.35 bits per heavy atom. The van der Waals surface area contributed by atoms with Crippen molar-refractivity contribution >= 4 is 27.8 Å². The van der Waals surface area contributed by atoms with E-state index in [1.165, 1.54) is 25.3 Å². The lowest BCUT2D eigenvalue weighted by Crippen LogP contribution is -2.16. The van der Waals surface area contributed by atoms with Gasteiger partial charge in [0.1, 0.15) is 5.82 Å². The van der Waals surface area contributed by atoms with Crippen LogP contribution in [-0.4, -0.2) is 23.0 Å². The topological polar surface area (TPSA) is 64.1 Å². The highest BCUT2D eigenvalue weighted by Crippen LogP contribution is 2.17. The minimum atomic E-state index is -0.628. The molecule has 1 amide bonds. The highest BCUT2D eigenvalue weighted by atomic mass is 79.9. The summed E-state index contributed by atoms with van der Waals surface area (Å²) in [5.41, 5.74) is 0.533. The molecule has 20 heavy (non-hydrogen) atoms. The van der Waals surface area contributed by atoms with Gasteiger partial charge < -0.3 is 4.74 Å². The monoisotopic (exact) mass is 339 g/mol.